The molecule has 1 atom stereocenters. The van der Waals surface area contributed by atoms with Crippen LogP contribution in [0, 0.1) is 0 Å². The highest BCUT2D eigenvalue weighted by Gasteiger charge is 2.12. The third kappa shape index (κ3) is 5.09. The molecule has 0 saturated heterocycles. The van der Waals surface area contributed by atoms with Crippen LogP contribution in [0.4, 0.5) is 0 Å². The lowest BCUT2D eigenvalue weighted by Crippen LogP contribution is -2.29. The number of hydrogen-bond donors (Lipinski definition) is 2. The number of hydrogen-bond acceptors (Lipinski definition) is 3. The molecule has 19 heavy (non-hydrogen) atoms. The fourth-order valence-corrected chi connectivity index (χ4v) is 1.98. The zero-order chi connectivity index (χ0) is 14.3. The second-order valence-corrected chi connectivity index (χ2v) is 4.64. The van der Waals surface area contributed by atoms with E-state index >= 15 is 0 Å². The largest absolute Gasteiger partial charge is 0.483 e. The summed E-state index contributed by atoms with van der Waals surface area (Å²) in [6.07, 6.45) is 0. The quantitative estimate of drug-likeness (QED) is 0.809. The van der Waals surface area contributed by atoms with Crippen LogP contribution >= 0.6 is 11.6 Å². The molecule has 106 valence electrons. The van der Waals surface area contributed by atoms with E-state index in [0.717, 1.165) is 12.1 Å². The first kappa shape index (κ1) is 15.8. The molecule has 0 aliphatic carbocycles. The Labute approximate surface area is 119 Å². The van der Waals surface area contributed by atoms with Crippen LogP contribution in [0.3, 0.4) is 0 Å². The first-order valence-electron chi connectivity index (χ1n) is 6.50. The van der Waals surface area contributed by atoms with Gasteiger partial charge in [-0.3, -0.25) is 4.79 Å². The molecule has 2 N–H and O–H groups in total. The van der Waals surface area contributed by atoms with Gasteiger partial charge >= 0.3 is 0 Å². The van der Waals surface area contributed by atoms with Crippen molar-refractivity contribution in [1.82, 2.24) is 10.6 Å². The number of amides is 1. The van der Waals surface area contributed by atoms with Gasteiger partial charge in [-0.05, 0) is 38.6 Å². The Morgan fingerprint density at radius 1 is 1.37 bits per heavy atom. The van der Waals surface area contributed by atoms with Crippen LogP contribution in [-0.4, -0.2) is 25.6 Å². The summed E-state index contributed by atoms with van der Waals surface area (Å²) in [6, 6.07) is 5.54. The van der Waals surface area contributed by atoms with E-state index in [9.17, 15) is 4.79 Å². The Bertz CT molecular complexity index is 424. The summed E-state index contributed by atoms with van der Waals surface area (Å²) >= 11 is 6.01. The van der Waals surface area contributed by atoms with Crippen molar-refractivity contribution in [3.05, 3.63) is 28.8 Å². The Balaban J connectivity index is 2.78. The van der Waals surface area contributed by atoms with Crippen LogP contribution < -0.4 is 15.4 Å². The number of benzene rings is 1. The van der Waals surface area contributed by atoms with Crippen LogP contribution in [-0.2, 0) is 4.79 Å². The minimum Gasteiger partial charge on any atom is -0.483 e. The minimum absolute atomic E-state index is 0.0152. The van der Waals surface area contributed by atoms with Crippen LogP contribution in [0.5, 0.6) is 5.75 Å². The molecule has 0 aromatic heterocycles. The van der Waals surface area contributed by atoms with Crippen LogP contribution in [0.2, 0.25) is 5.02 Å². The predicted octanol–water partition coefficient (Wildman–Crippen LogP) is 2.53. The molecular formula is C14H21ClN2O2. The highest BCUT2D eigenvalue weighted by atomic mass is 35.5. The summed E-state index contributed by atoms with van der Waals surface area (Å²) in [5.41, 5.74) is 0.957. The highest BCUT2D eigenvalue weighted by molar-refractivity contribution is 6.30. The van der Waals surface area contributed by atoms with Gasteiger partial charge in [0.25, 0.3) is 5.91 Å². The van der Waals surface area contributed by atoms with Crippen LogP contribution in [0.25, 0.3) is 0 Å². The predicted molar refractivity (Wildman–Crippen MR) is 77.7 cm³/mol. The van der Waals surface area contributed by atoms with E-state index in [4.69, 9.17) is 16.3 Å². The smallest absolute Gasteiger partial charge is 0.257 e. The number of ether oxygens (including phenoxy) is 1. The summed E-state index contributed by atoms with van der Waals surface area (Å²) in [5, 5.41) is 6.66. The Morgan fingerprint density at radius 2 is 2.11 bits per heavy atom. The van der Waals surface area contributed by atoms with Gasteiger partial charge in [0.1, 0.15) is 5.75 Å². The third-order valence-electron chi connectivity index (χ3n) is 2.68. The zero-order valence-corrected chi connectivity index (χ0v) is 12.4. The van der Waals surface area contributed by atoms with Gasteiger partial charge in [0.05, 0.1) is 0 Å². The average Bonchev–Trinajstić information content (AvgIpc) is 2.38. The van der Waals surface area contributed by atoms with Gasteiger partial charge in [-0.25, -0.2) is 0 Å². The molecule has 0 saturated carbocycles. The topological polar surface area (TPSA) is 50.4 Å². The fraction of sp³-hybridized carbons (Fsp3) is 0.500. The lowest BCUT2D eigenvalue weighted by atomic mass is 10.1. The summed E-state index contributed by atoms with van der Waals surface area (Å²) < 4.78 is 5.56. The van der Waals surface area contributed by atoms with Crippen molar-refractivity contribution >= 4 is 17.5 Å². The van der Waals surface area contributed by atoms with Gasteiger partial charge < -0.3 is 15.4 Å². The lowest BCUT2D eigenvalue weighted by Gasteiger charge is -2.18. The summed E-state index contributed by atoms with van der Waals surface area (Å²) in [4.78, 5) is 11.4. The maximum atomic E-state index is 11.4. The average molecular weight is 285 g/mol. The molecule has 5 heteroatoms. The molecule has 0 aliphatic rings. The number of likely N-dealkylation sites (N-methyl/N-ethyl adjacent to an activating group) is 1. The number of carbonyl (C=O) groups is 1. The first-order chi connectivity index (χ1) is 9.08. The van der Waals surface area contributed by atoms with Gasteiger partial charge in [-0.2, -0.15) is 0 Å². The maximum Gasteiger partial charge on any atom is 0.257 e. The molecule has 0 fully saturated rings. The molecule has 4 nitrogen and oxygen atoms in total. The van der Waals surface area contributed by atoms with Crippen molar-refractivity contribution in [3.63, 3.8) is 0 Å². The Hall–Kier alpha value is -1.26. The maximum absolute atomic E-state index is 11.4. The van der Waals surface area contributed by atoms with E-state index in [0.29, 0.717) is 17.3 Å². The molecule has 1 amide bonds. The monoisotopic (exact) mass is 284 g/mol. The van der Waals surface area contributed by atoms with Crippen molar-refractivity contribution in [2.24, 2.45) is 0 Å². The molecule has 0 radical (unpaired) electrons. The summed E-state index contributed by atoms with van der Waals surface area (Å²) in [5.74, 6) is 0.559. The lowest BCUT2D eigenvalue weighted by molar-refractivity contribution is -0.123. The van der Waals surface area contributed by atoms with Crippen LogP contribution in [0.15, 0.2) is 18.2 Å². The molecule has 1 aromatic carbocycles. The van der Waals surface area contributed by atoms with E-state index in [2.05, 4.69) is 10.6 Å². The van der Waals surface area contributed by atoms with E-state index in [1.165, 1.54) is 0 Å². The van der Waals surface area contributed by atoms with E-state index in [1.807, 2.05) is 26.8 Å². The molecule has 0 heterocycles. The van der Waals surface area contributed by atoms with Crippen molar-refractivity contribution < 1.29 is 9.53 Å². The van der Waals surface area contributed by atoms with Gasteiger partial charge in [-0.15, -0.1) is 0 Å². The molecule has 1 unspecified atom stereocenters. The number of nitrogens with one attached hydrogen (secondary N) is 2. The van der Waals surface area contributed by atoms with E-state index in [-0.39, 0.29) is 18.6 Å². The normalized spacial score (nSPS) is 12.0. The molecule has 0 bridgehead atoms. The van der Waals surface area contributed by atoms with Gasteiger partial charge in [-0.1, -0.05) is 18.5 Å². The van der Waals surface area contributed by atoms with Gasteiger partial charge in [0, 0.05) is 23.2 Å². The molecular weight excluding hydrogens is 264 g/mol. The second-order valence-electron chi connectivity index (χ2n) is 4.20. The van der Waals surface area contributed by atoms with Crippen molar-refractivity contribution in [2.75, 3.05) is 19.7 Å². The number of rotatable bonds is 7. The zero-order valence-electron chi connectivity index (χ0n) is 11.6. The minimum atomic E-state index is -0.125. The third-order valence-corrected chi connectivity index (χ3v) is 2.92. The Morgan fingerprint density at radius 3 is 2.74 bits per heavy atom. The van der Waals surface area contributed by atoms with Gasteiger partial charge in [0.15, 0.2) is 6.61 Å². The van der Waals surface area contributed by atoms with E-state index < -0.39 is 0 Å². The molecule has 1 rings (SSSR count). The summed E-state index contributed by atoms with van der Waals surface area (Å²) in [7, 11) is 0. The fourth-order valence-electron chi connectivity index (χ4n) is 1.80. The molecule has 1 aromatic rings. The van der Waals surface area contributed by atoms with Gasteiger partial charge in [0.2, 0.25) is 0 Å². The highest BCUT2D eigenvalue weighted by Crippen LogP contribution is 2.28. The number of halogens is 1. The SMILES string of the molecule is CCNC(=O)COc1ccc(Cl)cc1C(C)NCC. The van der Waals surface area contributed by atoms with Crippen LogP contribution in [0.1, 0.15) is 32.4 Å². The van der Waals surface area contributed by atoms with Crippen molar-refractivity contribution in [3.8, 4) is 5.75 Å². The Kier molecular flexibility index (Phi) is 6.67. The molecule has 0 spiro atoms. The number of carbonyl (C=O) groups excluding carboxylic acids is 1. The van der Waals surface area contributed by atoms with Crippen molar-refractivity contribution in [1.29, 1.82) is 0 Å². The first-order valence-corrected chi connectivity index (χ1v) is 6.88. The second kappa shape index (κ2) is 8.02. The van der Waals surface area contributed by atoms with Crippen molar-refractivity contribution in [2.45, 2.75) is 26.8 Å². The standard InChI is InChI=1S/C14H21ClN2O2/c1-4-16-10(3)12-8-11(15)6-7-13(12)19-9-14(18)17-5-2/h6-8,10,16H,4-5,9H2,1-3H3,(H,17,18). The molecule has 0 aliphatic heterocycles. The summed E-state index contributed by atoms with van der Waals surface area (Å²) in [6.45, 7) is 7.41. The van der Waals surface area contributed by atoms with E-state index in [1.54, 1.807) is 12.1 Å².